The lowest BCUT2D eigenvalue weighted by molar-refractivity contribution is -0.117. The maximum Gasteiger partial charge on any atom is 0.241 e. The molecule has 1 rings (SSSR count). The molecule has 1 unspecified atom stereocenters. The van der Waals surface area contributed by atoms with Gasteiger partial charge in [0.2, 0.25) is 5.91 Å². The maximum atomic E-state index is 11.9. The highest BCUT2D eigenvalue weighted by atomic mass is 35.5. The van der Waals surface area contributed by atoms with Gasteiger partial charge in [-0.2, -0.15) is 0 Å². The summed E-state index contributed by atoms with van der Waals surface area (Å²) in [6.45, 7) is 8.85. The van der Waals surface area contributed by atoms with Crippen molar-refractivity contribution < 1.29 is 4.79 Å². The van der Waals surface area contributed by atoms with Crippen molar-refractivity contribution in [3.63, 3.8) is 0 Å². The number of halogens is 1. The van der Waals surface area contributed by atoms with E-state index in [4.69, 9.17) is 0 Å². The first-order valence-electron chi connectivity index (χ1n) is 6.16. The zero-order valence-electron chi connectivity index (χ0n) is 11.5. The van der Waals surface area contributed by atoms with Crippen molar-refractivity contribution in [2.24, 2.45) is 0 Å². The third kappa shape index (κ3) is 4.67. The van der Waals surface area contributed by atoms with Gasteiger partial charge >= 0.3 is 0 Å². The third-order valence-corrected chi connectivity index (χ3v) is 2.82. The summed E-state index contributed by atoms with van der Waals surface area (Å²) in [6, 6.07) is 5.85. The fourth-order valence-corrected chi connectivity index (χ4v) is 1.70. The molecule has 0 saturated carbocycles. The number of carbonyl (C=O) groups excluding carboxylic acids is 1. The highest BCUT2D eigenvalue weighted by Crippen LogP contribution is 2.19. The van der Waals surface area contributed by atoms with Crippen LogP contribution in [-0.4, -0.2) is 18.5 Å². The minimum Gasteiger partial charge on any atom is -0.324 e. The molecular formula is C14H23ClN2O. The van der Waals surface area contributed by atoms with Crippen LogP contribution in [0.15, 0.2) is 18.2 Å². The van der Waals surface area contributed by atoms with Crippen LogP contribution in [0.4, 0.5) is 5.69 Å². The van der Waals surface area contributed by atoms with Crippen molar-refractivity contribution >= 4 is 24.0 Å². The standard InChI is InChI=1S/C14H22N2O.ClH/c1-5-9-15-12(4)14(17)16-13-10(2)7-6-8-11(13)3;/h6-8,12,15H,5,9H2,1-4H3,(H,16,17);1H. The minimum atomic E-state index is -0.158. The lowest BCUT2D eigenvalue weighted by atomic mass is 10.1. The Morgan fingerprint density at radius 1 is 1.28 bits per heavy atom. The number of amides is 1. The summed E-state index contributed by atoms with van der Waals surface area (Å²) in [6.07, 6.45) is 1.03. The van der Waals surface area contributed by atoms with Gasteiger partial charge in [0, 0.05) is 5.69 Å². The highest BCUT2D eigenvalue weighted by Gasteiger charge is 2.13. The average molecular weight is 271 g/mol. The second-order valence-corrected chi connectivity index (χ2v) is 4.43. The van der Waals surface area contributed by atoms with Crippen LogP contribution in [0.2, 0.25) is 0 Å². The number of anilines is 1. The zero-order valence-corrected chi connectivity index (χ0v) is 12.4. The molecule has 0 radical (unpaired) electrons. The first-order chi connectivity index (χ1) is 8.06. The highest BCUT2D eigenvalue weighted by molar-refractivity contribution is 5.95. The lowest BCUT2D eigenvalue weighted by Gasteiger charge is -2.16. The number of benzene rings is 1. The van der Waals surface area contributed by atoms with E-state index in [1.165, 1.54) is 0 Å². The molecule has 0 aliphatic carbocycles. The fourth-order valence-electron chi connectivity index (χ4n) is 1.70. The molecule has 1 amide bonds. The predicted molar refractivity (Wildman–Crippen MR) is 79.5 cm³/mol. The van der Waals surface area contributed by atoms with Gasteiger partial charge in [0.15, 0.2) is 0 Å². The van der Waals surface area contributed by atoms with Crippen LogP contribution in [0.1, 0.15) is 31.4 Å². The van der Waals surface area contributed by atoms with Gasteiger partial charge in [0.25, 0.3) is 0 Å². The molecule has 0 heterocycles. The molecule has 0 aromatic heterocycles. The Labute approximate surface area is 116 Å². The Morgan fingerprint density at radius 3 is 2.33 bits per heavy atom. The summed E-state index contributed by atoms with van der Waals surface area (Å²) < 4.78 is 0. The van der Waals surface area contributed by atoms with Crippen LogP contribution < -0.4 is 10.6 Å². The molecule has 0 spiro atoms. The minimum absolute atomic E-state index is 0. The molecular weight excluding hydrogens is 248 g/mol. The molecule has 0 aliphatic heterocycles. The summed E-state index contributed by atoms with van der Waals surface area (Å²) in [5, 5.41) is 6.16. The second-order valence-electron chi connectivity index (χ2n) is 4.43. The van der Waals surface area contributed by atoms with Gasteiger partial charge in [0.05, 0.1) is 6.04 Å². The van der Waals surface area contributed by atoms with E-state index >= 15 is 0 Å². The zero-order chi connectivity index (χ0) is 12.8. The van der Waals surface area contributed by atoms with Crippen molar-refractivity contribution in [3.05, 3.63) is 29.3 Å². The van der Waals surface area contributed by atoms with E-state index in [0.29, 0.717) is 0 Å². The van der Waals surface area contributed by atoms with Gasteiger partial charge in [-0.15, -0.1) is 12.4 Å². The SMILES string of the molecule is CCCNC(C)C(=O)Nc1c(C)cccc1C.Cl. The van der Waals surface area contributed by atoms with Crippen molar-refractivity contribution in [1.29, 1.82) is 0 Å². The van der Waals surface area contributed by atoms with Gasteiger partial charge in [-0.3, -0.25) is 4.79 Å². The van der Waals surface area contributed by atoms with Crippen molar-refractivity contribution in [2.45, 2.75) is 40.2 Å². The van der Waals surface area contributed by atoms with E-state index in [-0.39, 0.29) is 24.4 Å². The number of rotatable bonds is 5. The molecule has 4 heteroatoms. The first-order valence-corrected chi connectivity index (χ1v) is 6.16. The summed E-state index contributed by atoms with van der Waals surface area (Å²) in [4.78, 5) is 11.9. The van der Waals surface area contributed by atoms with E-state index < -0.39 is 0 Å². The monoisotopic (exact) mass is 270 g/mol. The first kappa shape index (κ1) is 16.9. The number of hydrogen-bond donors (Lipinski definition) is 2. The predicted octanol–water partition coefficient (Wildman–Crippen LogP) is 3.05. The summed E-state index contributed by atoms with van der Waals surface area (Å²) in [5.74, 6) is 0.0239. The summed E-state index contributed by atoms with van der Waals surface area (Å²) in [5.41, 5.74) is 3.13. The summed E-state index contributed by atoms with van der Waals surface area (Å²) in [7, 11) is 0. The molecule has 1 aromatic rings. The molecule has 3 nitrogen and oxygen atoms in total. The van der Waals surface area contributed by atoms with Crippen LogP contribution in [0.3, 0.4) is 0 Å². The Morgan fingerprint density at radius 2 is 1.83 bits per heavy atom. The average Bonchev–Trinajstić information content (AvgIpc) is 2.30. The molecule has 18 heavy (non-hydrogen) atoms. The molecule has 1 atom stereocenters. The largest absolute Gasteiger partial charge is 0.324 e. The van der Waals surface area contributed by atoms with Gasteiger partial charge in [0.1, 0.15) is 0 Å². The Kier molecular flexibility index (Phi) is 7.64. The van der Waals surface area contributed by atoms with E-state index in [1.54, 1.807) is 0 Å². The Hall–Kier alpha value is -1.06. The smallest absolute Gasteiger partial charge is 0.241 e. The number of aryl methyl sites for hydroxylation is 2. The molecule has 0 fully saturated rings. The Balaban J connectivity index is 0.00000289. The fraction of sp³-hybridized carbons (Fsp3) is 0.500. The molecule has 1 aromatic carbocycles. The maximum absolute atomic E-state index is 11.9. The van der Waals surface area contributed by atoms with Gasteiger partial charge in [-0.1, -0.05) is 25.1 Å². The van der Waals surface area contributed by atoms with E-state index in [0.717, 1.165) is 29.8 Å². The molecule has 0 saturated heterocycles. The normalized spacial score (nSPS) is 11.6. The van der Waals surface area contributed by atoms with Gasteiger partial charge in [-0.05, 0) is 44.9 Å². The van der Waals surface area contributed by atoms with Gasteiger partial charge in [-0.25, -0.2) is 0 Å². The van der Waals surface area contributed by atoms with Crippen molar-refractivity contribution in [1.82, 2.24) is 5.32 Å². The number of carbonyl (C=O) groups is 1. The molecule has 0 aliphatic rings. The van der Waals surface area contributed by atoms with Crippen LogP contribution in [0, 0.1) is 13.8 Å². The van der Waals surface area contributed by atoms with Crippen LogP contribution in [0.5, 0.6) is 0 Å². The molecule has 2 N–H and O–H groups in total. The Bertz CT molecular complexity index is 373. The topological polar surface area (TPSA) is 41.1 Å². The lowest BCUT2D eigenvalue weighted by Crippen LogP contribution is -2.38. The van der Waals surface area contributed by atoms with E-state index in [2.05, 4.69) is 17.6 Å². The van der Waals surface area contributed by atoms with Gasteiger partial charge < -0.3 is 10.6 Å². The number of nitrogens with one attached hydrogen (secondary N) is 2. The quantitative estimate of drug-likeness (QED) is 0.863. The molecule has 102 valence electrons. The number of hydrogen-bond acceptors (Lipinski definition) is 2. The van der Waals surface area contributed by atoms with Crippen LogP contribution >= 0.6 is 12.4 Å². The number of para-hydroxylation sites is 1. The van der Waals surface area contributed by atoms with Crippen molar-refractivity contribution in [2.75, 3.05) is 11.9 Å². The van der Waals surface area contributed by atoms with E-state index in [9.17, 15) is 4.79 Å². The third-order valence-electron chi connectivity index (χ3n) is 2.82. The second kappa shape index (κ2) is 8.11. The molecule has 0 bridgehead atoms. The summed E-state index contributed by atoms with van der Waals surface area (Å²) >= 11 is 0. The van der Waals surface area contributed by atoms with E-state index in [1.807, 2.05) is 39.0 Å². The van der Waals surface area contributed by atoms with Crippen molar-refractivity contribution in [3.8, 4) is 0 Å². The van der Waals surface area contributed by atoms with Crippen LogP contribution in [-0.2, 0) is 4.79 Å². The van der Waals surface area contributed by atoms with Crippen LogP contribution in [0.25, 0.3) is 0 Å².